The summed E-state index contributed by atoms with van der Waals surface area (Å²) >= 11 is 0. The van der Waals surface area contributed by atoms with Crippen LogP contribution in [0.1, 0.15) is 68.1 Å². The van der Waals surface area contributed by atoms with Gasteiger partial charge in [0.2, 0.25) is 15.7 Å². The molecule has 152 valence electrons. The minimum Gasteiger partial charge on any atom is -0.461 e. The van der Waals surface area contributed by atoms with Gasteiger partial charge >= 0.3 is 5.97 Å². The van der Waals surface area contributed by atoms with Gasteiger partial charge in [-0.15, -0.1) is 0 Å². The summed E-state index contributed by atoms with van der Waals surface area (Å²) < 4.78 is 36.9. The van der Waals surface area contributed by atoms with Crippen LogP contribution in [0.4, 0.5) is 0 Å². The number of carbonyl (C=O) groups is 1. The zero-order valence-corrected chi connectivity index (χ0v) is 17.4. The molecule has 0 atom stereocenters. The van der Waals surface area contributed by atoms with Gasteiger partial charge in [-0.3, -0.25) is 0 Å². The SMILES string of the molecule is CCCCCC/C=C(\c1nc(C(=O)OCC)c(C)o1)S(=O)(=O)c1ccccc1. The number of rotatable bonds is 10. The molecular weight excluding hydrogens is 378 g/mol. The molecule has 0 bridgehead atoms. The molecule has 0 fully saturated rings. The molecule has 0 radical (unpaired) electrons. The van der Waals surface area contributed by atoms with Gasteiger partial charge in [-0.2, -0.15) is 0 Å². The number of ether oxygens (including phenoxy) is 1. The van der Waals surface area contributed by atoms with E-state index in [0.717, 1.165) is 25.7 Å². The first-order chi connectivity index (χ1) is 13.4. The number of allylic oxidation sites excluding steroid dienone is 1. The minimum absolute atomic E-state index is 0.00278. The van der Waals surface area contributed by atoms with Crippen LogP contribution in [0.25, 0.3) is 4.91 Å². The van der Waals surface area contributed by atoms with E-state index in [4.69, 9.17) is 9.15 Å². The number of nitrogens with zero attached hydrogens (tertiary/aromatic N) is 1. The van der Waals surface area contributed by atoms with Crippen LogP contribution in [0.5, 0.6) is 0 Å². The predicted molar refractivity (Wildman–Crippen MR) is 108 cm³/mol. The topological polar surface area (TPSA) is 86.5 Å². The molecule has 0 aliphatic carbocycles. The Bertz CT molecular complexity index is 914. The molecule has 0 N–H and O–H groups in total. The first-order valence-electron chi connectivity index (χ1n) is 9.57. The van der Waals surface area contributed by atoms with E-state index in [9.17, 15) is 13.2 Å². The van der Waals surface area contributed by atoms with Gasteiger partial charge in [0.25, 0.3) is 0 Å². The molecule has 0 amide bonds. The number of unbranched alkanes of at least 4 members (excludes halogenated alkanes) is 4. The maximum absolute atomic E-state index is 13.2. The van der Waals surface area contributed by atoms with Crippen LogP contribution >= 0.6 is 0 Å². The molecule has 0 saturated heterocycles. The number of benzene rings is 1. The third-order valence-electron chi connectivity index (χ3n) is 4.21. The molecular formula is C21H27NO5S. The molecule has 1 aromatic heterocycles. The lowest BCUT2D eigenvalue weighted by Gasteiger charge is -2.07. The van der Waals surface area contributed by atoms with Crippen molar-refractivity contribution < 1.29 is 22.4 Å². The van der Waals surface area contributed by atoms with E-state index in [1.807, 2.05) is 0 Å². The number of hydrogen-bond acceptors (Lipinski definition) is 6. The highest BCUT2D eigenvalue weighted by Gasteiger charge is 2.28. The number of oxazole rings is 1. The van der Waals surface area contributed by atoms with Crippen LogP contribution in [-0.4, -0.2) is 26.0 Å². The summed E-state index contributed by atoms with van der Waals surface area (Å²) in [5, 5.41) is 0. The number of aromatic nitrogens is 1. The van der Waals surface area contributed by atoms with E-state index in [0.29, 0.717) is 6.42 Å². The van der Waals surface area contributed by atoms with E-state index < -0.39 is 15.8 Å². The summed E-state index contributed by atoms with van der Waals surface area (Å²) in [6.07, 6.45) is 6.30. The average Bonchev–Trinajstić information content (AvgIpc) is 3.06. The summed E-state index contributed by atoms with van der Waals surface area (Å²) in [6.45, 7) is 5.57. The fourth-order valence-corrected chi connectivity index (χ4v) is 4.16. The van der Waals surface area contributed by atoms with Crippen molar-refractivity contribution in [3.8, 4) is 0 Å². The van der Waals surface area contributed by atoms with Crippen LogP contribution in [0, 0.1) is 6.92 Å². The van der Waals surface area contributed by atoms with E-state index in [2.05, 4.69) is 11.9 Å². The summed E-state index contributed by atoms with van der Waals surface area (Å²) in [6, 6.07) is 8.14. The van der Waals surface area contributed by atoms with Crippen molar-refractivity contribution in [2.24, 2.45) is 0 Å². The Labute approximate surface area is 166 Å². The van der Waals surface area contributed by atoms with Gasteiger partial charge in [0.05, 0.1) is 11.5 Å². The summed E-state index contributed by atoms with van der Waals surface area (Å²) in [5.74, 6) is -0.483. The van der Waals surface area contributed by atoms with Gasteiger partial charge in [-0.25, -0.2) is 18.2 Å². The normalized spacial score (nSPS) is 12.2. The lowest BCUT2D eigenvalue weighted by molar-refractivity contribution is 0.0518. The standard InChI is InChI=1S/C21H27NO5S/c1-4-6-7-8-12-15-18(28(24,25)17-13-10-9-11-14-17)20-22-19(16(3)27-20)21(23)26-5-2/h9-11,13-15H,4-8,12H2,1-3H3/b18-15+. The van der Waals surface area contributed by atoms with E-state index in [-0.39, 0.29) is 33.8 Å². The Morgan fingerprint density at radius 1 is 1.14 bits per heavy atom. The molecule has 0 aliphatic heterocycles. The number of sulfone groups is 1. The molecule has 6 nitrogen and oxygen atoms in total. The lowest BCUT2D eigenvalue weighted by atomic mass is 10.1. The third kappa shape index (κ3) is 5.32. The first-order valence-corrected chi connectivity index (χ1v) is 11.0. The van der Waals surface area contributed by atoms with Gasteiger partial charge in [-0.05, 0) is 38.8 Å². The van der Waals surface area contributed by atoms with Gasteiger partial charge in [0.15, 0.2) is 5.69 Å². The van der Waals surface area contributed by atoms with Crippen molar-refractivity contribution in [3.63, 3.8) is 0 Å². The molecule has 2 rings (SSSR count). The van der Waals surface area contributed by atoms with Crippen LogP contribution in [0.3, 0.4) is 0 Å². The molecule has 1 heterocycles. The third-order valence-corrected chi connectivity index (χ3v) is 6.02. The van der Waals surface area contributed by atoms with Crippen molar-refractivity contribution in [2.45, 2.75) is 57.8 Å². The van der Waals surface area contributed by atoms with Crippen molar-refractivity contribution in [1.82, 2.24) is 4.98 Å². The smallest absolute Gasteiger partial charge is 0.360 e. The Kier molecular flexibility index (Phi) is 7.99. The fraction of sp³-hybridized carbons (Fsp3) is 0.429. The molecule has 1 aromatic carbocycles. The molecule has 7 heteroatoms. The maximum atomic E-state index is 13.2. The molecule has 0 spiro atoms. The Hall–Kier alpha value is -2.41. The molecule has 28 heavy (non-hydrogen) atoms. The van der Waals surface area contributed by atoms with Gasteiger partial charge < -0.3 is 9.15 Å². The Balaban J connectivity index is 2.43. The lowest BCUT2D eigenvalue weighted by Crippen LogP contribution is -2.08. The molecule has 0 saturated carbocycles. The molecule has 2 aromatic rings. The largest absolute Gasteiger partial charge is 0.461 e. The van der Waals surface area contributed by atoms with Gasteiger partial charge in [0.1, 0.15) is 10.7 Å². The van der Waals surface area contributed by atoms with E-state index in [1.165, 1.54) is 12.1 Å². The second-order valence-corrected chi connectivity index (χ2v) is 8.30. The predicted octanol–water partition coefficient (Wildman–Crippen LogP) is 4.94. The van der Waals surface area contributed by atoms with Gasteiger partial charge in [0, 0.05) is 0 Å². The maximum Gasteiger partial charge on any atom is 0.360 e. The number of carbonyl (C=O) groups excluding carboxylic acids is 1. The molecule has 0 aliphatic rings. The first kappa shape index (κ1) is 21.9. The number of hydrogen-bond donors (Lipinski definition) is 0. The Morgan fingerprint density at radius 2 is 1.86 bits per heavy atom. The van der Waals surface area contributed by atoms with Crippen LogP contribution < -0.4 is 0 Å². The van der Waals surface area contributed by atoms with Crippen LogP contribution in [-0.2, 0) is 14.6 Å². The summed E-state index contributed by atoms with van der Waals surface area (Å²) in [4.78, 5) is 16.3. The highest BCUT2D eigenvalue weighted by atomic mass is 32.2. The van der Waals surface area contributed by atoms with E-state index >= 15 is 0 Å². The quantitative estimate of drug-likeness (QED) is 0.411. The minimum atomic E-state index is -3.84. The van der Waals surface area contributed by atoms with E-state index in [1.54, 1.807) is 38.1 Å². The van der Waals surface area contributed by atoms with Crippen molar-refractivity contribution >= 4 is 20.7 Å². The Morgan fingerprint density at radius 3 is 2.50 bits per heavy atom. The highest BCUT2D eigenvalue weighted by Crippen LogP contribution is 2.30. The fourth-order valence-electron chi connectivity index (χ4n) is 2.73. The van der Waals surface area contributed by atoms with Crippen LogP contribution in [0.2, 0.25) is 0 Å². The second-order valence-electron chi connectivity index (χ2n) is 6.38. The zero-order valence-electron chi connectivity index (χ0n) is 16.6. The second kappa shape index (κ2) is 10.2. The summed E-state index contributed by atoms with van der Waals surface area (Å²) in [5.41, 5.74) is -0.00278. The zero-order chi connectivity index (χ0) is 20.6. The number of esters is 1. The van der Waals surface area contributed by atoms with Gasteiger partial charge in [-0.1, -0.05) is 50.5 Å². The monoisotopic (exact) mass is 405 g/mol. The van der Waals surface area contributed by atoms with Crippen LogP contribution in [0.15, 0.2) is 45.7 Å². The highest BCUT2D eigenvalue weighted by molar-refractivity contribution is 8.00. The number of aryl methyl sites for hydroxylation is 1. The average molecular weight is 406 g/mol. The van der Waals surface area contributed by atoms with Crippen molar-refractivity contribution in [3.05, 3.63) is 53.8 Å². The van der Waals surface area contributed by atoms with Crippen molar-refractivity contribution in [2.75, 3.05) is 6.61 Å². The molecule has 0 unspecified atom stereocenters. The summed E-state index contributed by atoms with van der Waals surface area (Å²) in [7, 11) is -3.84. The van der Waals surface area contributed by atoms with Crippen molar-refractivity contribution in [1.29, 1.82) is 0 Å².